The van der Waals surface area contributed by atoms with Crippen molar-refractivity contribution < 1.29 is 9.84 Å². The third kappa shape index (κ3) is 1.71. The lowest BCUT2D eigenvalue weighted by atomic mass is 10.2. The van der Waals surface area contributed by atoms with Gasteiger partial charge in [-0.1, -0.05) is 6.07 Å². The average molecular weight is 243 g/mol. The molecule has 0 radical (unpaired) electrons. The topological polar surface area (TPSA) is 85.4 Å². The number of phenolic OH excluding ortho intramolecular Hbond substituents is 1. The molecular weight excluding hydrogens is 234 g/mol. The van der Waals surface area contributed by atoms with Crippen LogP contribution in [0.25, 0.3) is 5.65 Å². The molecule has 0 saturated carbocycles. The molecule has 0 amide bonds. The van der Waals surface area contributed by atoms with Gasteiger partial charge in [0, 0.05) is 11.6 Å². The summed E-state index contributed by atoms with van der Waals surface area (Å²) in [6.45, 7) is 1.76. The van der Waals surface area contributed by atoms with Gasteiger partial charge in [-0.25, -0.2) is 0 Å². The number of nitrogens with zero attached hydrogens (tertiary/aromatic N) is 5. The summed E-state index contributed by atoms with van der Waals surface area (Å²) in [7, 11) is 0. The first-order valence-corrected chi connectivity index (χ1v) is 5.26. The van der Waals surface area contributed by atoms with Gasteiger partial charge >= 0.3 is 0 Å². The van der Waals surface area contributed by atoms with Gasteiger partial charge in [-0.2, -0.15) is 0 Å². The summed E-state index contributed by atoms with van der Waals surface area (Å²) in [5, 5.41) is 24.6. The molecule has 90 valence electrons. The summed E-state index contributed by atoms with van der Waals surface area (Å²) in [4.78, 5) is 0. The van der Waals surface area contributed by atoms with Crippen molar-refractivity contribution >= 4 is 5.65 Å². The summed E-state index contributed by atoms with van der Waals surface area (Å²) >= 11 is 0. The molecule has 0 unspecified atom stereocenters. The molecule has 3 rings (SSSR count). The molecule has 3 aromatic rings. The van der Waals surface area contributed by atoms with Crippen molar-refractivity contribution in [3.05, 3.63) is 35.9 Å². The van der Waals surface area contributed by atoms with E-state index in [2.05, 4.69) is 20.6 Å². The maximum absolute atomic E-state index is 9.58. The number of benzene rings is 1. The van der Waals surface area contributed by atoms with Crippen LogP contribution in [-0.4, -0.2) is 30.4 Å². The molecule has 2 heterocycles. The predicted molar refractivity (Wildman–Crippen MR) is 61.5 cm³/mol. The van der Waals surface area contributed by atoms with Crippen molar-refractivity contribution in [3.8, 4) is 17.4 Å². The summed E-state index contributed by atoms with van der Waals surface area (Å²) in [5.74, 6) is 1.06. The van der Waals surface area contributed by atoms with Crippen molar-refractivity contribution in [2.45, 2.75) is 6.92 Å². The van der Waals surface area contributed by atoms with Crippen molar-refractivity contribution in [2.75, 3.05) is 0 Å². The van der Waals surface area contributed by atoms with Crippen LogP contribution in [0, 0.1) is 6.92 Å². The van der Waals surface area contributed by atoms with Gasteiger partial charge in [-0.15, -0.1) is 14.8 Å². The van der Waals surface area contributed by atoms with Crippen LogP contribution in [0.3, 0.4) is 0 Å². The zero-order valence-electron chi connectivity index (χ0n) is 9.48. The van der Waals surface area contributed by atoms with E-state index in [-0.39, 0.29) is 5.75 Å². The molecule has 0 spiro atoms. The largest absolute Gasteiger partial charge is 0.508 e. The summed E-state index contributed by atoms with van der Waals surface area (Å²) < 4.78 is 6.85. The first-order chi connectivity index (χ1) is 8.74. The molecule has 1 N–H and O–H groups in total. The fraction of sp³-hybridized carbons (Fsp3) is 0.0909. The molecule has 0 bridgehead atoms. The fourth-order valence-corrected chi connectivity index (χ4v) is 1.51. The van der Waals surface area contributed by atoms with E-state index in [1.54, 1.807) is 37.3 Å². The predicted octanol–water partition coefficient (Wildman–Crippen LogP) is 1.33. The monoisotopic (exact) mass is 243 g/mol. The van der Waals surface area contributed by atoms with E-state index in [0.717, 1.165) is 0 Å². The molecule has 1 aromatic carbocycles. The Kier molecular flexibility index (Phi) is 2.30. The Morgan fingerprint density at radius 3 is 3.00 bits per heavy atom. The van der Waals surface area contributed by atoms with Gasteiger partial charge < -0.3 is 9.84 Å². The van der Waals surface area contributed by atoms with E-state index in [9.17, 15) is 5.11 Å². The quantitative estimate of drug-likeness (QED) is 0.730. The lowest BCUT2D eigenvalue weighted by molar-refractivity contribution is 0.429. The molecule has 0 saturated heterocycles. The fourth-order valence-electron chi connectivity index (χ4n) is 1.51. The molecule has 2 aromatic heterocycles. The van der Waals surface area contributed by atoms with Crippen LogP contribution in [0.5, 0.6) is 17.4 Å². The highest BCUT2D eigenvalue weighted by molar-refractivity contribution is 5.44. The van der Waals surface area contributed by atoms with Crippen LogP contribution in [0.2, 0.25) is 0 Å². The Morgan fingerprint density at radius 1 is 1.22 bits per heavy atom. The molecule has 0 aliphatic heterocycles. The van der Waals surface area contributed by atoms with Gasteiger partial charge in [0.05, 0.1) is 0 Å². The third-order valence-electron chi connectivity index (χ3n) is 2.52. The van der Waals surface area contributed by atoms with Gasteiger partial charge in [0.1, 0.15) is 11.5 Å². The van der Waals surface area contributed by atoms with Gasteiger partial charge in [0.15, 0.2) is 5.65 Å². The molecule has 0 atom stereocenters. The van der Waals surface area contributed by atoms with Gasteiger partial charge in [-0.3, -0.25) is 0 Å². The number of ether oxygens (including phenoxy) is 1. The van der Waals surface area contributed by atoms with Crippen molar-refractivity contribution in [2.24, 2.45) is 0 Å². The molecule has 7 nitrogen and oxygen atoms in total. The minimum absolute atomic E-state index is 0.177. The summed E-state index contributed by atoms with van der Waals surface area (Å²) in [6, 6.07) is 8.41. The van der Waals surface area contributed by atoms with Gasteiger partial charge in [0.25, 0.3) is 0 Å². The van der Waals surface area contributed by atoms with E-state index < -0.39 is 0 Å². The van der Waals surface area contributed by atoms with Gasteiger partial charge in [0.2, 0.25) is 5.88 Å². The average Bonchev–Trinajstić information content (AvgIpc) is 2.82. The Morgan fingerprint density at radius 2 is 2.11 bits per heavy atom. The highest BCUT2D eigenvalue weighted by Gasteiger charge is 2.07. The van der Waals surface area contributed by atoms with Crippen LogP contribution in [0.1, 0.15) is 5.56 Å². The Hall–Kier alpha value is -2.70. The first kappa shape index (κ1) is 10.5. The number of tetrazole rings is 1. The minimum atomic E-state index is 0.177. The van der Waals surface area contributed by atoms with E-state index >= 15 is 0 Å². The summed E-state index contributed by atoms with van der Waals surface area (Å²) in [6.07, 6.45) is 0. The van der Waals surface area contributed by atoms with Crippen molar-refractivity contribution in [3.63, 3.8) is 0 Å². The smallest absolute Gasteiger partial charge is 0.239 e. The highest BCUT2D eigenvalue weighted by atomic mass is 16.5. The van der Waals surface area contributed by atoms with Crippen molar-refractivity contribution in [1.82, 2.24) is 25.3 Å². The highest BCUT2D eigenvalue weighted by Crippen LogP contribution is 2.29. The van der Waals surface area contributed by atoms with Crippen LogP contribution in [-0.2, 0) is 0 Å². The minimum Gasteiger partial charge on any atom is -0.508 e. The number of aromatic hydroxyl groups is 1. The Labute approximate surface area is 102 Å². The SMILES string of the molecule is Cc1c(O)cccc1Oc1ccc2nnnn2n1. The zero-order chi connectivity index (χ0) is 12.5. The second-order valence-electron chi connectivity index (χ2n) is 3.70. The molecular formula is C11H9N5O2. The van der Waals surface area contributed by atoms with Crippen LogP contribution in [0.4, 0.5) is 0 Å². The van der Waals surface area contributed by atoms with E-state index in [4.69, 9.17) is 4.74 Å². The maximum Gasteiger partial charge on any atom is 0.239 e. The second kappa shape index (κ2) is 3.95. The number of aromatic nitrogens is 5. The number of hydrogen-bond acceptors (Lipinski definition) is 6. The number of hydrogen-bond donors (Lipinski definition) is 1. The third-order valence-corrected chi connectivity index (χ3v) is 2.52. The Balaban J connectivity index is 1.98. The molecule has 0 aliphatic rings. The Bertz CT molecular complexity index is 709. The number of phenols is 1. The number of rotatable bonds is 2. The van der Waals surface area contributed by atoms with Crippen molar-refractivity contribution in [1.29, 1.82) is 0 Å². The van der Waals surface area contributed by atoms with E-state index in [1.165, 1.54) is 4.63 Å². The van der Waals surface area contributed by atoms with Crippen LogP contribution < -0.4 is 4.74 Å². The second-order valence-corrected chi connectivity index (χ2v) is 3.70. The standard InChI is InChI=1S/C11H9N5O2/c1-7-8(17)3-2-4-9(7)18-11-6-5-10-12-14-15-16(10)13-11/h2-6,17H,1H3. The lowest BCUT2D eigenvalue weighted by Crippen LogP contribution is -1.97. The zero-order valence-corrected chi connectivity index (χ0v) is 9.48. The molecule has 0 aliphatic carbocycles. The van der Waals surface area contributed by atoms with E-state index in [1.807, 2.05) is 0 Å². The normalized spacial score (nSPS) is 10.7. The van der Waals surface area contributed by atoms with Gasteiger partial charge in [-0.05, 0) is 35.5 Å². The lowest BCUT2D eigenvalue weighted by Gasteiger charge is -2.08. The maximum atomic E-state index is 9.58. The first-order valence-electron chi connectivity index (χ1n) is 5.26. The summed E-state index contributed by atoms with van der Waals surface area (Å²) in [5.41, 5.74) is 1.19. The molecule has 18 heavy (non-hydrogen) atoms. The number of fused-ring (bicyclic) bond motifs is 1. The van der Waals surface area contributed by atoms with E-state index in [0.29, 0.717) is 22.8 Å². The van der Waals surface area contributed by atoms with Crippen LogP contribution in [0.15, 0.2) is 30.3 Å². The van der Waals surface area contributed by atoms with Crippen LogP contribution >= 0.6 is 0 Å². The molecule has 7 heteroatoms. The molecule has 0 fully saturated rings.